The molecule has 0 saturated heterocycles. The number of amides is 2. The van der Waals surface area contributed by atoms with Gasteiger partial charge < -0.3 is 20.9 Å². The number of primary amides is 1. The van der Waals surface area contributed by atoms with Crippen LogP contribution >= 0.6 is 0 Å². The number of alkyl halides is 3. The molecule has 2 atom stereocenters. The summed E-state index contributed by atoms with van der Waals surface area (Å²) < 4.78 is 93.7. The summed E-state index contributed by atoms with van der Waals surface area (Å²) in [7, 11) is 0. The Hall–Kier alpha value is -4.66. The zero-order valence-electron chi connectivity index (χ0n) is 22.8. The van der Waals surface area contributed by atoms with Crippen LogP contribution in [0.1, 0.15) is 47.4 Å². The Balaban J connectivity index is 1.42. The molecule has 2 amide bonds. The van der Waals surface area contributed by atoms with Gasteiger partial charge in [-0.15, -0.1) is 0 Å². The molecule has 1 saturated carbocycles. The van der Waals surface area contributed by atoms with E-state index in [0.717, 1.165) is 12.8 Å². The summed E-state index contributed by atoms with van der Waals surface area (Å²) in [5.41, 5.74) is -2.64. The Labute approximate surface area is 244 Å². The van der Waals surface area contributed by atoms with E-state index in [1.165, 1.54) is 25.1 Å². The standard InChI is InChI=1S/C29H23F6N5O4/c1-27(26(36)42)12-44-24-17(27)8-22(38-23(24)16-7-19(31)20(32)9-18(16)30)28(43,29(33,34)35)11-37-25(41)13-2-5-21-14(6-13)10-40(39-21)15-3-4-15/h2,5-10,15,43H,3-4,11-12H2,1H3,(H2,36,42)(H,37,41)/t27-,28?/m0/s1. The fourth-order valence-corrected chi connectivity index (χ4v) is 5.04. The molecule has 1 fully saturated rings. The number of hydrogen-bond acceptors (Lipinski definition) is 6. The number of aliphatic hydroxyl groups is 1. The fourth-order valence-electron chi connectivity index (χ4n) is 5.04. The van der Waals surface area contributed by atoms with E-state index in [0.29, 0.717) is 23.0 Å². The van der Waals surface area contributed by atoms with Crippen LogP contribution in [-0.4, -0.2) is 51.0 Å². The first-order valence-corrected chi connectivity index (χ1v) is 13.3. The van der Waals surface area contributed by atoms with Crippen LogP contribution in [-0.2, 0) is 15.8 Å². The van der Waals surface area contributed by atoms with Gasteiger partial charge in [0.25, 0.3) is 5.91 Å². The van der Waals surface area contributed by atoms with Crippen LogP contribution in [0.5, 0.6) is 5.75 Å². The van der Waals surface area contributed by atoms with Gasteiger partial charge in [0.05, 0.1) is 23.8 Å². The first kappa shape index (κ1) is 29.4. The summed E-state index contributed by atoms with van der Waals surface area (Å²) in [4.78, 5) is 29.1. The van der Waals surface area contributed by atoms with Gasteiger partial charge in [0, 0.05) is 34.3 Å². The number of nitrogens with zero attached hydrogens (tertiary/aromatic N) is 3. The number of nitrogens with two attached hydrogens (primary N) is 1. The molecule has 15 heteroatoms. The van der Waals surface area contributed by atoms with Crippen LogP contribution in [0.3, 0.4) is 0 Å². The fraction of sp³-hybridized carbons (Fsp3) is 0.310. The Morgan fingerprint density at radius 3 is 2.48 bits per heavy atom. The number of aromatic nitrogens is 3. The van der Waals surface area contributed by atoms with E-state index in [-0.39, 0.29) is 23.2 Å². The monoisotopic (exact) mass is 619 g/mol. The maximum atomic E-state index is 14.9. The molecule has 1 aliphatic carbocycles. The second kappa shape index (κ2) is 9.94. The summed E-state index contributed by atoms with van der Waals surface area (Å²) in [6.45, 7) is -0.720. The van der Waals surface area contributed by atoms with Crippen LogP contribution in [0.4, 0.5) is 26.3 Å². The van der Waals surface area contributed by atoms with Gasteiger partial charge in [-0.1, -0.05) is 0 Å². The van der Waals surface area contributed by atoms with Crippen molar-refractivity contribution in [3.8, 4) is 17.0 Å². The third-order valence-electron chi connectivity index (χ3n) is 7.98. The predicted octanol–water partition coefficient (Wildman–Crippen LogP) is 4.17. The third kappa shape index (κ3) is 4.71. The summed E-state index contributed by atoms with van der Waals surface area (Å²) >= 11 is 0. The topological polar surface area (TPSA) is 132 Å². The number of fused-ring (bicyclic) bond motifs is 2. The normalized spacial score (nSPS) is 19.4. The Kier molecular flexibility index (Phi) is 6.64. The van der Waals surface area contributed by atoms with Gasteiger partial charge in [0.2, 0.25) is 11.5 Å². The minimum absolute atomic E-state index is 0.0152. The summed E-state index contributed by atoms with van der Waals surface area (Å²) in [5.74, 6) is -6.93. The molecule has 1 unspecified atom stereocenters. The van der Waals surface area contributed by atoms with Crippen molar-refractivity contribution in [2.24, 2.45) is 5.73 Å². The van der Waals surface area contributed by atoms with Crippen LogP contribution < -0.4 is 15.8 Å². The molecule has 2 aliphatic rings. The minimum Gasteiger partial charge on any atom is -0.489 e. The predicted molar refractivity (Wildman–Crippen MR) is 142 cm³/mol. The second-order valence-corrected chi connectivity index (χ2v) is 11.1. The van der Waals surface area contributed by atoms with Crippen molar-refractivity contribution in [3.05, 3.63) is 76.9 Å². The molecule has 1 aliphatic heterocycles. The van der Waals surface area contributed by atoms with Crippen LogP contribution in [0.25, 0.3) is 22.2 Å². The SMILES string of the molecule is C[C@]1(C(N)=O)COc2c1cc(C(O)(CNC(=O)c1ccc3nn(C4CC4)cc3c1)C(F)(F)F)nc2-c1cc(F)c(F)cc1F. The van der Waals surface area contributed by atoms with Gasteiger partial charge in [-0.05, 0) is 50.1 Å². The van der Waals surface area contributed by atoms with Gasteiger partial charge in [0.15, 0.2) is 11.6 Å². The van der Waals surface area contributed by atoms with E-state index < -0.39 is 82.3 Å². The van der Waals surface area contributed by atoms with Crippen LogP contribution in [0, 0.1) is 17.5 Å². The second-order valence-electron chi connectivity index (χ2n) is 11.1. The zero-order valence-corrected chi connectivity index (χ0v) is 22.8. The first-order valence-electron chi connectivity index (χ1n) is 13.3. The molecule has 3 heterocycles. The lowest BCUT2D eigenvalue weighted by molar-refractivity contribution is -0.265. The van der Waals surface area contributed by atoms with Crippen molar-refractivity contribution in [2.75, 3.05) is 13.2 Å². The molecule has 0 spiro atoms. The smallest absolute Gasteiger partial charge is 0.424 e. The van der Waals surface area contributed by atoms with E-state index in [2.05, 4.69) is 15.4 Å². The van der Waals surface area contributed by atoms with E-state index in [1.807, 2.05) is 0 Å². The molecule has 4 aromatic rings. The number of carbonyl (C=O) groups excluding carboxylic acids is 2. The van der Waals surface area contributed by atoms with Gasteiger partial charge in [-0.2, -0.15) is 18.3 Å². The Morgan fingerprint density at radius 1 is 1.11 bits per heavy atom. The maximum absolute atomic E-state index is 14.9. The number of benzene rings is 2. The molecule has 2 aromatic carbocycles. The zero-order chi connectivity index (χ0) is 31.8. The summed E-state index contributed by atoms with van der Waals surface area (Å²) in [6, 6.07) is 5.83. The summed E-state index contributed by atoms with van der Waals surface area (Å²) in [6.07, 6.45) is -1.85. The number of nitrogens with one attached hydrogen (secondary N) is 1. The number of carbonyl (C=O) groups is 2. The van der Waals surface area contributed by atoms with Gasteiger partial charge >= 0.3 is 6.18 Å². The number of ether oxygens (including phenoxy) is 1. The average Bonchev–Trinajstić information content (AvgIpc) is 3.64. The lowest BCUT2D eigenvalue weighted by atomic mass is 9.81. The molecule has 230 valence electrons. The molecular formula is C29H23F6N5O4. The summed E-state index contributed by atoms with van der Waals surface area (Å²) in [5, 5.41) is 18.2. The highest BCUT2D eigenvalue weighted by molar-refractivity contribution is 5.98. The molecule has 0 bridgehead atoms. The van der Waals surface area contributed by atoms with Crippen molar-refractivity contribution in [1.82, 2.24) is 20.1 Å². The highest BCUT2D eigenvalue weighted by Gasteiger charge is 2.58. The van der Waals surface area contributed by atoms with Gasteiger partial charge in [-0.3, -0.25) is 14.3 Å². The molecule has 2 aromatic heterocycles. The highest BCUT2D eigenvalue weighted by Crippen LogP contribution is 2.48. The quantitative estimate of drug-likeness (QED) is 0.210. The van der Waals surface area contributed by atoms with Crippen LogP contribution in [0.15, 0.2) is 42.6 Å². The Morgan fingerprint density at radius 2 is 1.82 bits per heavy atom. The van der Waals surface area contributed by atoms with Crippen molar-refractivity contribution in [2.45, 2.75) is 43.0 Å². The highest BCUT2D eigenvalue weighted by atomic mass is 19.4. The molecular weight excluding hydrogens is 596 g/mol. The van der Waals surface area contributed by atoms with Crippen molar-refractivity contribution < 1.29 is 45.8 Å². The van der Waals surface area contributed by atoms with Crippen molar-refractivity contribution in [1.29, 1.82) is 0 Å². The number of pyridine rings is 1. The molecule has 0 radical (unpaired) electrons. The molecule has 9 nitrogen and oxygen atoms in total. The van der Waals surface area contributed by atoms with Crippen molar-refractivity contribution >= 4 is 22.7 Å². The van der Waals surface area contributed by atoms with E-state index in [1.54, 1.807) is 10.9 Å². The first-order chi connectivity index (χ1) is 20.6. The van der Waals surface area contributed by atoms with Gasteiger partial charge in [0.1, 0.15) is 29.3 Å². The lowest BCUT2D eigenvalue weighted by Crippen LogP contribution is -2.51. The Bertz CT molecular complexity index is 1860. The minimum atomic E-state index is -5.50. The number of halogens is 6. The number of hydrogen-bond donors (Lipinski definition) is 3. The van der Waals surface area contributed by atoms with Gasteiger partial charge in [-0.25, -0.2) is 18.2 Å². The van der Waals surface area contributed by atoms with Crippen LogP contribution in [0.2, 0.25) is 0 Å². The van der Waals surface area contributed by atoms with E-state index >= 15 is 0 Å². The van der Waals surface area contributed by atoms with E-state index in [4.69, 9.17) is 10.5 Å². The molecule has 44 heavy (non-hydrogen) atoms. The van der Waals surface area contributed by atoms with E-state index in [9.17, 15) is 41.0 Å². The molecule has 6 rings (SSSR count). The largest absolute Gasteiger partial charge is 0.489 e. The average molecular weight is 620 g/mol. The maximum Gasteiger partial charge on any atom is 0.424 e. The lowest BCUT2D eigenvalue weighted by Gasteiger charge is -2.31. The molecule has 4 N–H and O–H groups in total. The third-order valence-corrected chi connectivity index (χ3v) is 7.98. The number of rotatable bonds is 7. The van der Waals surface area contributed by atoms with Crippen molar-refractivity contribution in [3.63, 3.8) is 0 Å².